The van der Waals surface area contributed by atoms with E-state index < -0.39 is 33.3 Å². The maximum Gasteiger partial charge on any atom is 0.413 e. The van der Waals surface area contributed by atoms with E-state index in [4.69, 9.17) is 18.0 Å². The van der Waals surface area contributed by atoms with E-state index in [2.05, 4.69) is 15.4 Å². The lowest BCUT2D eigenvalue weighted by molar-refractivity contribution is -0.384. The molecule has 4 N–H and O–H groups in total. The predicted octanol–water partition coefficient (Wildman–Crippen LogP) is 2.54. The molecule has 0 radical (unpaired) electrons. The number of nitrogen functional groups attached to an aromatic ring is 1. The van der Waals surface area contributed by atoms with Crippen LogP contribution in [0.4, 0.5) is 26.2 Å². The van der Waals surface area contributed by atoms with Crippen LogP contribution in [0.25, 0.3) is 0 Å². The first-order valence-electron chi connectivity index (χ1n) is 7.14. The molecule has 0 bridgehead atoms. The number of nitrogens with one attached hydrogen (secondary N) is 2. The summed E-state index contributed by atoms with van der Waals surface area (Å²) in [6, 6.07) is 7.17. The first-order valence-corrected chi connectivity index (χ1v) is 8.70. The van der Waals surface area contributed by atoms with Gasteiger partial charge in [0.1, 0.15) is 11.5 Å². The molecular formula is C15H13FN4O5S2. The number of ether oxygens (including phenoxy) is 1. The Labute approximate surface area is 160 Å². The number of rotatable bonds is 4. The zero-order valence-electron chi connectivity index (χ0n) is 13.7. The number of benzene rings is 2. The van der Waals surface area contributed by atoms with Gasteiger partial charge < -0.3 is 15.8 Å². The molecule has 2 aromatic carbocycles. The van der Waals surface area contributed by atoms with Crippen molar-refractivity contribution in [2.45, 2.75) is 9.79 Å². The molecule has 0 aliphatic heterocycles. The van der Waals surface area contributed by atoms with Gasteiger partial charge in [-0.2, -0.15) is 0 Å². The molecule has 1 amide bonds. The van der Waals surface area contributed by atoms with Gasteiger partial charge in [-0.3, -0.25) is 15.4 Å². The standard InChI is InChI=1S/C15H13FN4O5S2/c1-25-15(21)19-14(26)18-11-6-10(7-12(13(11)17)20(22)23)27(24)9-4-2-8(16)3-5-9/h2-7H,17H2,1H3,(H2,18,19,21,26). The summed E-state index contributed by atoms with van der Waals surface area (Å²) in [5.74, 6) is -0.513. The second kappa shape index (κ2) is 8.51. The highest BCUT2D eigenvalue weighted by molar-refractivity contribution is 7.85. The maximum atomic E-state index is 13.0. The molecule has 0 aliphatic carbocycles. The Bertz CT molecular complexity index is 937. The van der Waals surface area contributed by atoms with Crippen molar-refractivity contribution in [2.24, 2.45) is 0 Å². The molecule has 2 aromatic rings. The number of hydrogen-bond donors (Lipinski definition) is 3. The molecule has 0 saturated heterocycles. The van der Waals surface area contributed by atoms with Crippen LogP contribution in [0.1, 0.15) is 0 Å². The highest BCUT2D eigenvalue weighted by Gasteiger charge is 2.21. The van der Waals surface area contributed by atoms with Crippen molar-refractivity contribution in [3.05, 3.63) is 52.3 Å². The Hall–Kier alpha value is -3.12. The number of halogens is 1. The topological polar surface area (TPSA) is 137 Å². The van der Waals surface area contributed by atoms with E-state index in [-0.39, 0.29) is 26.3 Å². The fourth-order valence-corrected chi connectivity index (χ4v) is 3.26. The van der Waals surface area contributed by atoms with Crippen molar-refractivity contribution in [1.82, 2.24) is 5.32 Å². The first-order chi connectivity index (χ1) is 12.7. The highest BCUT2D eigenvalue weighted by Crippen LogP contribution is 2.34. The monoisotopic (exact) mass is 412 g/mol. The molecule has 1 atom stereocenters. The lowest BCUT2D eigenvalue weighted by atomic mass is 10.2. The number of hydrogen-bond acceptors (Lipinski definition) is 7. The molecule has 0 heterocycles. The summed E-state index contributed by atoms with van der Waals surface area (Å²) in [4.78, 5) is 22.0. The number of anilines is 2. The zero-order valence-corrected chi connectivity index (χ0v) is 15.4. The van der Waals surface area contributed by atoms with Gasteiger partial charge in [-0.25, -0.2) is 13.4 Å². The van der Waals surface area contributed by atoms with E-state index in [1.54, 1.807) is 0 Å². The number of nitro groups is 1. The third-order valence-electron chi connectivity index (χ3n) is 3.22. The van der Waals surface area contributed by atoms with Crippen molar-refractivity contribution in [3.8, 4) is 0 Å². The van der Waals surface area contributed by atoms with Crippen LogP contribution in [0.3, 0.4) is 0 Å². The van der Waals surface area contributed by atoms with Crippen LogP contribution in [0.15, 0.2) is 46.2 Å². The third-order valence-corrected chi connectivity index (χ3v) is 4.79. The molecule has 2 rings (SSSR count). The van der Waals surface area contributed by atoms with Gasteiger partial charge in [-0.15, -0.1) is 0 Å². The Balaban J connectivity index is 2.43. The van der Waals surface area contributed by atoms with Gasteiger partial charge in [-0.05, 0) is 42.5 Å². The number of methoxy groups -OCH3 is 1. The van der Waals surface area contributed by atoms with Crippen molar-refractivity contribution in [1.29, 1.82) is 0 Å². The molecule has 0 aromatic heterocycles. The maximum absolute atomic E-state index is 13.0. The minimum atomic E-state index is -1.85. The molecule has 142 valence electrons. The average Bonchev–Trinajstić information content (AvgIpc) is 2.63. The van der Waals surface area contributed by atoms with Crippen LogP contribution >= 0.6 is 12.2 Å². The van der Waals surface area contributed by atoms with Crippen LogP contribution in [0, 0.1) is 15.9 Å². The number of carbonyl (C=O) groups excluding carboxylic acids is 1. The second-order valence-corrected chi connectivity index (χ2v) is 6.84. The quantitative estimate of drug-likeness (QED) is 0.302. The van der Waals surface area contributed by atoms with E-state index in [1.165, 1.54) is 18.2 Å². The number of carbonyl (C=O) groups is 1. The molecule has 0 saturated carbocycles. The number of nitrogens with zero attached hydrogens (tertiary/aromatic N) is 1. The summed E-state index contributed by atoms with van der Waals surface area (Å²) >= 11 is 4.90. The van der Waals surface area contributed by atoms with Crippen molar-refractivity contribution in [3.63, 3.8) is 0 Å². The number of thiocarbonyl (C=S) groups is 1. The van der Waals surface area contributed by atoms with E-state index in [1.807, 2.05) is 0 Å². The second-order valence-electron chi connectivity index (χ2n) is 4.95. The molecule has 12 heteroatoms. The minimum absolute atomic E-state index is 0.0314. The number of alkyl carbamates (subject to hydrolysis) is 1. The van der Waals surface area contributed by atoms with Crippen molar-refractivity contribution < 1.29 is 23.1 Å². The van der Waals surface area contributed by atoms with Gasteiger partial charge in [0.2, 0.25) is 0 Å². The van der Waals surface area contributed by atoms with Gasteiger partial charge in [0.15, 0.2) is 5.11 Å². The Kier molecular flexibility index (Phi) is 6.36. The largest absolute Gasteiger partial charge is 0.453 e. The van der Waals surface area contributed by atoms with E-state index in [0.717, 1.165) is 25.3 Å². The highest BCUT2D eigenvalue weighted by atomic mass is 32.2. The summed E-state index contributed by atoms with van der Waals surface area (Å²) in [5.41, 5.74) is 4.96. The predicted molar refractivity (Wildman–Crippen MR) is 100 cm³/mol. The lowest BCUT2D eigenvalue weighted by Crippen LogP contribution is -2.34. The summed E-state index contributed by atoms with van der Waals surface area (Å²) < 4.78 is 30.1. The first kappa shape index (κ1) is 20.2. The van der Waals surface area contributed by atoms with Crippen LogP contribution in [0.5, 0.6) is 0 Å². The van der Waals surface area contributed by atoms with Crippen molar-refractivity contribution in [2.75, 3.05) is 18.2 Å². The van der Waals surface area contributed by atoms with Crippen LogP contribution in [0.2, 0.25) is 0 Å². The normalized spacial score (nSPS) is 11.3. The van der Waals surface area contributed by atoms with E-state index in [9.17, 15) is 23.5 Å². The molecule has 27 heavy (non-hydrogen) atoms. The van der Waals surface area contributed by atoms with Gasteiger partial charge >= 0.3 is 6.09 Å². The van der Waals surface area contributed by atoms with Gasteiger partial charge in [0.25, 0.3) is 5.69 Å². The molecule has 1 unspecified atom stereocenters. The smallest absolute Gasteiger partial charge is 0.413 e. The fraction of sp³-hybridized carbons (Fsp3) is 0.0667. The summed E-state index contributed by atoms with van der Waals surface area (Å²) in [5, 5.41) is 15.7. The summed E-state index contributed by atoms with van der Waals surface area (Å²) in [7, 11) is -0.721. The van der Waals surface area contributed by atoms with Crippen LogP contribution in [-0.4, -0.2) is 27.4 Å². The average molecular weight is 412 g/mol. The lowest BCUT2D eigenvalue weighted by Gasteiger charge is -2.13. The number of nitro benzene ring substituents is 1. The molecule has 0 aliphatic rings. The molecular weight excluding hydrogens is 399 g/mol. The van der Waals surface area contributed by atoms with Gasteiger partial charge in [0, 0.05) is 11.0 Å². The zero-order chi connectivity index (χ0) is 20.1. The Morgan fingerprint density at radius 2 is 1.93 bits per heavy atom. The molecule has 0 fully saturated rings. The SMILES string of the molecule is COC(=O)NC(=S)Nc1cc(S(=O)c2ccc(F)cc2)cc([N+](=O)[O-])c1N. The van der Waals surface area contributed by atoms with Gasteiger partial charge in [0.05, 0.1) is 33.4 Å². The third kappa shape index (κ3) is 4.95. The van der Waals surface area contributed by atoms with Crippen LogP contribution < -0.4 is 16.4 Å². The fourth-order valence-electron chi connectivity index (χ4n) is 1.97. The Morgan fingerprint density at radius 3 is 2.48 bits per heavy atom. The van der Waals surface area contributed by atoms with E-state index in [0.29, 0.717) is 0 Å². The summed E-state index contributed by atoms with van der Waals surface area (Å²) in [6.45, 7) is 0. The number of amides is 1. The van der Waals surface area contributed by atoms with Gasteiger partial charge in [-0.1, -0.05) is 0 Å². The molecule has 0 spiro atoms. The van der Waals surface area contributed by atoms with Crippen LogP contribution in [-0.2, 0) is 15.5 Å². The summed E-state index contributed by atoms with van der Waals surface area (Å²) in [6.07, 6.45) is -0.855. The van der Waals surface area contributed by atoms with E-state index >= 15 is 0 Å². The number of nitrogens with two attached hydrogens (primary N) is 1. The minimum Gasteiger partial charge on any atom is -0.453 e. The molecule has 9 nitrogen and oxygen atoms in total. The van der Waals surface area contributed by atoms with Crippen molar-refractivity contribution >= 4 is 51.3 Å². The Morgan fingerprint density at radius 1 is 1.30 bits per heavy atom.